The molecule has 0 aliphatic carbocycles. The molecule has 2 aromatic rings. The van der Waals surface area contributed by atoms with Crippen molar-refractivity contribution in [2.45, 2.75) is 19.8 Å². The SMILES string of the molecule is COc1ccccc1OCCC1CCN(C(=O)Nc2cccc(C)c2)C1. The molecule has 0 saturated carbocycles. The van der Waals surface area contributed by atoms with E-state index in [1.165, 1.54) is 0 Å². The summed E-state index contributed by atoms with van der Waals surface area (Å²) in [5.74, 6) is 1.98. The molecular formula is C21H26N2O3. The first-order valence-electron chi connectivity index (χ1n) is 9.04. The maximum absolute atomic E-state index is 12.4. The molecule has 2 amide bonds. The quantitative estimate of drug-likeness (QED) is 0.840. The second-order valence-electron chi connectivity index (χ2n) is 6.69. The van der Waals surface area contributed by atoms with E-state index in [-0.39, 0.29) is 6.03 Å². The van der Waals surface area contributed by atoms with Crippen molar-refractivity contribution in [2.75, 3.05) is 32.1 Å². The van der Waals surface area contributed by atoms with Gasteiger partial charge in [-0.15, -0.1) is 0 Å². The summed E-state index contributed by atoms with van der Waals surface area (Å²) < 4.78 is 11.1. The number of methoxy groups -OCH3 is 1. The lowest BCUT2D eigenvalue weighted by atomic mass is 10.1. The molecular weight excluding hydrogens is 328 g/mol. The van der Waals surface area contributed by atoms with Crippen LogP contribution in [0.3, 0.4) is 0 Å². The molecule has 26 heavy (non-hydrogen) atoms. The van der Waals surface area contributed by atoms with Gasteiger partial charge in [-0.25, -0.2) is 4.79 Å². The Labute approximate surface area is 154 Å². The van der Waals surface area contributed by atoms with Crippen molar-refractivity contribution in [2.24, 2.45) is 5.92 Å². The van der Waals surface area contributed by atoms with Crippen LogP contribution in [-0.4, -0.2) is 37.7 Å². The monoisotopic (exact) mass is 354 g/mol. The summed E-state index contributed by atoms with van der Waals surface area (Å²) in [6.45, 7) is 4.20. The first-order chi connectivity index (χ1) is 12.7. The Morgan fingerprint density at radius 2 is 2.00 bits per heavy atom. The number of likely N-dealkylation sites (tertiary alicyclic amines) is 1. The predicted octanol–water partition coefficient (Wildman–Crippen LogP) is 4.33. The number of para-hydroxylation sites is 2. The van der Waals surface area contributed by atoms with Crippen molar-refractivity contribution >= 4 is 11.7 Å². The minimum atomic E-state index is -0.0243. The number of aryl methyl sites for hydroxylation is 1. The number of nitrogens with one attached hydrogen (secondary N) is 1. The van der Waals surface area contributed by atoms with E-state index in [1.807, 2.05) is 60.4 Å². The lowest BCUT2D eigenvalue weighted by Crippen LogP contribution is -2.33. The van der Waals surface area contributed by atoms with Gasteiger partial charge in [-0.3, -0.25) is 0 Å². The highest BCUT2D eigenvalue weighted by molar-refractivity contribution is 5.89. The van der Waals surface area contributed by atoms with E-state index in [2.05, 4.69) is 5.32 Å². The van der Waals surface area contributed by atoms with Gasteiger partial charge in [0.25, 0.3) is 0 Å². The fourth-order valence-electron chi connectivity index (χ4n) is 3.25. The standard InChI is InChI=1S/C21H26N2O3/c1-16-6-5-7-18(14-16)22-21(24)23-12-10-17(15-23)11-13-26-20-9-4-3-8-19(20)25-2/h3-9,14,17H,10-13,15H2,1-2H3,(H,22,24). The van der Waals surface area contributed by atoms with Gasteiger partial charge in [0.2, 0.25) is 0 Å². The highest BCUT2D eigenvalue weighted by atomic mass is 16.5. The first-order valence-corrected chi connectivity index (χ1v) is 9.04. The van der Waals surface area contributed by atoms with Gasteiger partial charge >= 0.3 is 6.03 Å². The summed E-state index contributed by atoms with van der Waals surface area (Å²) in [7, 11) is 1.64. The molecule has 0 aromatic heterocycles. The van der Waals surface area contributed by atoms with Crippen LogP contribution in [-0.2, 0) is 0 Å². The number of amides is 2. The fourth-order valence-corrected chi connectivity index (χ4v) is 3.25. The number of hydrogen-bond donors (Lipinski definition) is 1. The summed E-state index contributed by atoms with van der Waals surface area (Å²) in [6.07, 6.45) is 1.93. The van der Waals surface area contributed by atoms with E-state index in [0.29, 0.717) is 12.5 Å². The zero-order valence-corrected chi connectivity index (χ0v) is 15.4. The van der Waals surface area contributed by atoms with Crippen LogP contribution in [0.2, 0.25) is 0 Å². The second-order valence-corrected chi connectivity index (χ2v) is 6.69. The lowest BCUT2D eigenvalue weighted by molar-refractivity contribution is 0.218. The minimum Gasteiger partial charge on any atom is -0.493 e. The average molecular weight is 354 g/mol. The molecule has 0 spiro atoms. The fraction of sp³-hybridized carbons (Fsp3) is 0.381. The molecule has 1 fully saturated rings. The summed E-state index contributed by atoms with van der Waals surface area (Å²) in [5.41, 5.74) is 1.98. The number of anilines is 1. The zero-order valence-electron chi connectivity index (χ0n) is 15.4. The second kappa shape index (κ2) is 8.61. The molecule has 1 N–H and O–H groups in total. The molecule has 1 heterocycles. The number of hydrogen-bond acceptors (Lipinski definition) is 3. The van der Waals surface area contributed by atoms with Crippen LogP contribution in [0.15, 0.2) is 48.5 Å². The molecule has 0 bridgehead atoms. The molecule has 2 aromatic carbocycles. The van der Waals surface area contributed by atoms with Gasteiger partial charge in [0.15, 0.2) is 11.5 Å². The van der Waals surface area contributed by atoms with Crippen LogP contribution in [0.4, 0.5) is 10.5 Å². The van der Waals surface area contributed by atoms with Crippen LogP contribution >= 0.6 is 0 Å². The summed E-state index contributed by atoms with van der Waals surface area (Å²) in [4.78, 5) is 14.3. The van der Waals surface area contributed by atoms with Crippen LogP contribution in [0, 0.1) is 12.8 Å². The summed E-state index contributed by atoms with van der Waals surface area (Å²) >= 11 is 0. The lowest BCUT2D eigenvalue weighted by Gasteiger charge is -2.18. The molecule has 1 saturated heterocycles. The van der Waals surface area contributed by atoms with Gasteiger partial charge in [-0.05, 0) is 55.5 Å². The Balaban J connectivity index is 1.44. The maximum atomic E-state index is 12.4. The van der Waals surface area contributed by atoms with E-state index in [9.17, 15) is 4.79 Å². The molecule has 0 radical (unpaired) electrons. The Morgan fingerprint density at radius 3 is 2.77 bits per heavy atom. The van der Waals surface area contributed by atoms with Crippen LogP contribution in [0.1, 0.15) is 18.4 Å². The van der Waals surface area contributed by atoms with E-state index in [1.54, 1.807) is 7.11 Å². The van der Waals surface area contributed by atoms with Crippen LogP contribution in [0.25, 0.3) is 0 Å². The normalized spacial score (nSPS) is 16.4. The van der Waals surface area contributed by atoms with Crippen molar-refractivity contribution < 1.29 is 14.3 Å². The third-order valence-electron chi connectivity index (χ3n) is 4.70. The minimum absolute atomic E-state index is 0.0243. The first kappa shape index (κ1) is 18.1. The van der Waals surface area contributed by atoms with Gasteiger partial charge in [-0.2, -0.15) is 0 Å². The van der Waals surface area contributed by atoms with Crippen molar-refractivity contribution in [3.05, 3.63) is 54.1 Å². The number of carbonyl (C=O) groups excluding carboxylic acids is 1. The van der Waals surface area contributed by atoms with Gasteiger partial charge in [0.1, 0.15) is 0 Å². The maximum Gasteiger partial charge on any atom is 0.321 e. The van der Waals surface area contributed by atoms with Gasteiger partial charge < -0.3 is 19.7 Å². The van der Waals surface area contributed by atoms with Gasteiger partial charge in [0, 0.05) is 18.8 Å². The van der Waals surface area contributed by atoms with E-state index in [4.69, 9.17) is 9.47 Å². The Hall–Kier alpha value is -2.69. The highest BCUT2D eigenvalue weighted by Crippen LogP contribution is 2.27. The Morgan fingerprint density at radius 1 is 1.19 bits per heavy atom. The summed E-state index contributed by atoms with van der Waals surface area (Å²) in [5, 5.41) is 2.98. The zero-order chi connectivity index (χ0) is 18.4. The summed E-state index contributed by atoms with van der Waals surface area (Å²) in [6, 6.07) is 15.5. The number of urea groups is 1. The van der Waals surface area contributed by atoms with Gasteiger partial charge in [0.05, 0.1) is 13.7 Å². The molecule has 138 valence electrons. The van der Waals surface area contributed by atoms with Crippen molar-refractivity contribution in [3.63, 3.8) is 0 Å². The smallest absolute Gasteiger partial charge is 0.321 e. The molecule has 5 heteroatoms. The predicted molar refractivity (Wildman–Crippen MR) is 103 cm³/mol. The van der Waals surface area contributed by atoms with Crippen LogP contribution in [0.5, 0.6) is 11.5 Å². The molecule has 5 nitrogen and oxygen atoms in total. The number of nitrogens with zero attached hydrogens (tertiary/aromatic N) is 1. The molecule has 3 rings (SSSR count). The number of rotatable bonds is 6. The topological polar surface area (TPSA) is 50.8 Å². The Bertz CT molecular complexity index is 748. The Kier molecular flexibility index (Phi) is 6.00. The van der Waals surface area contributed by atoms with Crippen LogP contribution < -0.4 is 14.8 Å². The molecule has 1 unspecified atom stereocenters. The highest BCUT2D eigenvalue weighted by Gasteiger charge is 2.26. The molecule has 1 aliphatic rings. The van der Waals surface area contributed by atoms with E-state index < -0.39 is 0 Å². The third kappa shape index (κ3) is 4.69. The molecule has 1 atom stereocenters. The van der Waals surface area contributed by atoms with Gasteiger partial charge in [-0.1, -0.05) is 24.3 Å². The third-order valence-corrected chi connectivity index (χ3v) is 4.70. The van der Waals surface area contributed by atoms with Crippen molar-refractivity contribution in [1.29, 1.82) is 0 Å². The average Bonchev–Trinajstić information content (AvgIpc) is 3.11. The molecule has 1 aliphatic heterocycles. The number of carbonyl (C=O) groups is 1. The number of ether oxygens (including phenoxy) is 2. The van der Waals surface area contributed by atoms with Crippen molar-refractivity contribution in [3.8, 4) is 11.5 Å². The largest absolute Gasteiger partial charge is 0.493 e. The van der Waals surface area contributed by atoms with E-state index in [0.717, 1.165) is 48.7 Å². The number of benzene rings is 2. The van der Waals surface area contributed by atoms with Crippen molar-refractivity contribution in [1.82, 2.24) is 4.90 Å². The van der Waals surface area contributed by atoms with E-state index >= 15 is 0 Å².